The number of hydrogen-bond acceptors (Lipinski definition) is 5. The lowest BCUT2D eigenvalue weighted by atomic mass is 9.75. The van der Waals surface area contributed by atoms with Crippen molar-refractivity contribution in [3.8, 4) is 0 Å². The van der Waals surface area contributed by atoms with E-state index in [1.807, 2.05) is 60.7 Å². The molecule has 1 aliphatic heterocycles. The Morgan fingerprint density at radius 3 is 2.11 bits per heavy atom. The van der Waals surface area contributed by atoms with Gasteiger partial charge in [0, 0.05) is 22.3 Å². The Balaban J connectivity index is 1.51. The summed E-state index contributed by atoms with van der Waals surface area (Å²) in [6.45, 7) is 3.49. The fourth-order valence-corrected chi connectivity index (χ4v) is 4.90. The molecule has 1 N–H and O–H groups in total. The molecule has 3 aromatic rings. The minimum Gasteiger partial charge on any atom is -0.481 e. The third-order valence-corrected chi connectivity index (χ3v) is 6.56. The average molecular weight is 518 g/mol. The lowest BCUT2D eigenvalue weighted by Gasteiger charge is -2.30. The van der Waals surface area contributed by atoms with Crippen LogP contribution < -0.4 is 0 Å². The van der Waals surface area contributed by atoms with Gasteiger partial charge >= 0.3 is 11.9 Å². The van der Waals surface area contributed by atoms with Crippen LogP contribution in [0, 0.1) is 5.92 Å². The lowest BCUT2D eigenvalue weighted by molar-refractivity contribution is -0.142. The summed E-state index contributed by atoms with van der Waals surface area (Å²) in [6, 6.07) is 26.5. The Morgan fingerprint density at radius 1 is 0.919 bits per heavy atom. The van der Waals surface area contributed by atoms with Gasteiger partial charge in [-0.05, 0) is 42.7 Å². The monoisotopic (exact) mass is 517 g/mol. The van der Waals surface area contributed by atoms with E-state index < -0.39 is 23.8 Å². The van der Waals surface area contributed by atoms with Crippen LogP contribution in [0.3, 0.4) is 0 Å². The van der Waals surface area contributed by atoms with Crippen LogP contribution in [0.1, 0.15) is 42.6 Å². The van der Waals surface area contributed by atoms with E-state index in [1.54, 1.807) is 38.1 Å². The molecule has 2 unspecified atom stereocenters. The van der Waals surface area contributed by atoms with Gasteiger partial charge in [0.25, 0.3) is 0 Å². The summed E-state index contributed by atoms with van der Waals surface area (Å²) in [5.74, 6) is -3.48. The Labute approximate surface area is 221 Å². The van der Waals surface area contributed by atoms with Gasteiger partial charge in [0.05, 0.1) is 12.2 Å². The van der Waals surface area contributed by atoms with Crippen LogP contribution in [0.2, 0.25) is 5.02 Å². The van der Waals surface area contributed by atoms with Crippen molar-refractivity contribution in [3.05, 3.63) is 118 Å². The van der Waals surface area contributed by atoms with Gasteiger partial charge in [-0.3, -0.25) is 9.79 Å². The van der Waals surface area contributed by atoms with E-state index in [9.17, 15) is 14.7 Å². The van der Waals surface area contributed by atoms with Gasteiger partial charge in [-0.25, -0.2) is 4.79 Å². The average Bonchev–Trinajstić information content (AvgIpc) is 2.89. The normalized spacial score (nSPS) is 17.5. The second-order valence-electron chi connectivity index (χ2n) is 8.81. The molecule has 3 aromatic carbocycles. The number of rotatable bonds is 9. The molecule has 0 bridgehead atoms. The molecule has 0 radical (unpaired) electrons. The maximum Gasteiger partial charge on any atom is 0.336 e. The maximum absolute atomic E-state index is 13.3. The number of hydrogen-bond donors (Lipinski definition) is 1. The highest BCUT2D eigenvalue weighted by atomic mass is 35.5. The first-order chi connectivity index (χ1) is 17.9. The zero-order chi connectivity index (χ0) is 26.4. The van der Waals surface area contributed by atoms with Crippen molar-refractivity contribution in [2.45, 2.75) is 25.9 Å². The van der Waals surface area contributed by atoms with Gasteiger partial charge in [0.15, 0.2) is 0 Å². The number of allylic oxidation sites excluding steroid dienone is 1. The third kappa shape index (κ3) is 6.16. The molecule has 0 aromatic heterocycles. The first-order valence-corrected chi connectivity index (χ1v) is 12.4. The number of aliphatic carboxylic acids is 1. The fourth-order valence-electron chi connectivity index (χ4n) is 4.70. The summed E-state index contributed by atoms with van der Waals surface area (Å²) in [4.78, 5) is 29.9. The molecule has 6 nitrogen and oxygen atoms in total. The molecule has 0 saturated heterocycles. The number of esters is 1. The van der Waals surface area contributed by atoms with Crippen LogP contribution >= 0.6 is 11.6 Å². The SMILES string of the molecule is CC1=NC(C)=C(C(=O)OCCOC(c2ccccc2)c2ccccc2)C(c2cccc(Cl)c2)C1C(=O)O. The molecule has 0 amide bonds. The molecular formula is C30H28ClNO5. The van der Waals surface area contributed by atoms with Gasteiger partial charge < -0.3 is 14.6 Å². The van der Waals surface area contributed by atoms with Gasteiger partial charge in [-0.1, -0.05) is 84.4 Å². The summed E-state index contributed by atoms with van der Waals surface area (Å²) in [7, 11) is 0. The highest BCUT2D eigenvalue weighted by molar-refractivity contribution is 6.30. The Hall–Kier alpha value is -3.74. The molecule has 1 aliphatic rings. The number of carbonyl (C=O) groups excluding carboxylic acids is 1. The topological polar surface area (TPSA) is 85.2 Å². The summed E-state index contributed by atoms with van der Waals surface area (Å²) >= 11 is 6.20. The van der Waals surface area contributed by atoms with Crippen molar-refractivity contribution in [1.29, 1.82) is 0 Å². The molecule has 0 fully saturated rings. The molecular weight excluding hydrogens is 490 g/mol. The van der Waals surface area contributed by atoms with E-state index in [0.717, 1.165) is 11.1 Å². The first kappa shape index (κ1) is 26.3. The predicted octanol–water partition coefficient (Wildman–Crippen LogP) is 6.22. The molecule has 0 aliphatic carbocycles. The van der Waals surface area contributed by atoms with Crippen LogP contribution in [0.5, 0.6) is 0 Å². The van der Waals surface area contributed by atoms with Crippen molar-refractivity contribution in [3.63, 3.8) is 0 Å². The fraction of sp³-hybridized carbons (Fsp3) is 0.233. The summed E-state index contributed by atoms with van der Waals surface area (Å²) in [6.07, 6.45) is -0.320. The van der Waals surface area contributed by atoms with E-state index in [0.29, 0.717) is 22.0 Å². The van der Waals surface area contributed by atoms with Crippen LogP contribution in [0.4, 0.5) is 0 Å². The Kier molecular flexibility index (Phi) is 8.54. The van der Waals surface area contributed by atoms with E-state index in [4.69, 9.17) is 21.1 Å². The molecule has 1 heterocycles. The van der Waals surface area contributed by atoms with Crippen LogP contribution in [0.15, 0.2) is 101 Å². The summed E-state index contributed by atoms with van der Waals surface area (Å²) in [5, 5.41) is 10.4. The van der Waals surface area contributed by atoms with Crippen molar-refractivity contribution in [2.24, 2.45) is 10.9 Å². The van der Waals surface area contributed by atoms with E-state index in [1.165, 1.54) is 0 Å². The van der Waals surface area contributed by atoms with Crippen LogP contribution in [0.25, 0.3) is 0 Å². The number of benzene rings is 3. The minimum atomic E-state index is -1.07. The Morgan fingerprint density at radius 2 is 1.54 bits per heavy atom. The van der Waals surface area contributed by atoms with Crippen molar-refractivity contribution in [1.82, 2.24) is 0 Å². The molecule has 4 rings (SSSR count). The second kappa shape index (κ2) is 12.0. The standard InChI is InChI=1S/C30H28ClNO5/c1-19-25(29(33)34)27(23-14-9-15-24(31)18-23)26(20(2)32-19)30(35)37-17-16-36-28(21-10-5-3-6-11-21)22-12-7-4-8-13-22/h3-15,18,25,27-28H,16-17H2,1-2H3,(H,33,34). The third-order valence-electron chi connectivity index (χ3n) is 6.33. The molecule has 37 heavy (non-hydrogen) atoms. The van der Waals surface area contributed by atoms with Gasteiger partial charge in [0.1, 0.15) is 18.6 Å². The lowest BCUT2D eigenvalue weighted by Crippen LogP contribution is -2.35. The molecule has 2 atom stereocenters. The highest BCUT2D eigenvalue weighted by Gasteiger charge is 2.41. The Bertz CT molecular complexity index is 1280. The smallest absolute Gasteiger partial charge is 0.336 e. The zero-order valence-electron chi connectivity index (χ0n) is 20.6. The summed E-state index contributed by atoms with van der Waals surface area (Å²) in [5.41, 5.74) is 3.65. The van der Waals surface area contributed by atoms with Gasteiger partial charge in [-0.15, -0.1) is 0 Å². The number of halogens is 1. The highest BCUT2D eigenvalue weighted by Crippen LogP contribution is 2.40. The van der Waals surface area contributed by atoms with E-state index in [-0.39, 0.29) is 24.9 Å². The van der Waals surface area contributed by atoms with Crippen LogP contribution in [-0.2, 0) is 19.1 Å². The number of ether oxygens (including phenoxy) is 2. The molecule has 0 saturated carbocycles. The number of carboxylic acids is 1. The van der Waals surface area contributed by atoms with Crippen molar-refractivity contribution in [2.75, 3.05) is 13.2 Å². The van der Waals surface area contributed by atoms with Gasteiger partial charge in [-0.2, -0.15) is 0 Å². The molecule has 0 spiro atoms. The minimum absolute atomic E-state index is 0.00548. The summed E-state index contributed by atoms with van der Waals surface area (Å²) < 4.78 is 11.8. The predicted molar refractivity (Wildman–Crippen MR) is 143 cm³/mol. The first-order valence-electron chi connectivity index (χ1n) is 12.0. The molecule has 7 heteroatoms. The number of nitrogens with zero attached hydrogens (tertiary/aromatic N) is 1. The van der Waals surface area contributed by atoms with Crippen molar-refractivity contribution < 1.29 is 24.2 Å². The van der Waals surface area contributed by atoms with Gasteiger partial charge in [0.2, 0.25) is 0 Å². The van der Waals surface area contributed by atoms with E-state index >= 15 is 0 Å². The van der Waals surface area contributed by atoms with Crippen molar-refractivity contribution >= 4 is 29.3 Å². The largest absolute Gasteiger partial charge is 0.481 e. The van der Waals surface area contributed by atoms with Crippen LogP contribution in [-0.4, -0.2) is 36.0 Å². The number of carboxylic acid groups (broad SMARTS) is 1. The van der Waals surface area contributed by atoms with E-state index in [2.05, 4.69) is 4.99 Å². The number of aliphatic imine (C=N–C) groups is 1. The quantitative estimate of drug-likeness (QED) is 0.269. The maximum atomic E-state index is 13.3. The zero-order valence-corrected chi connectivity index (χ0v) is 21.4. The number of carbonyl (C=O) groups is 2. The molecule has 190 valence electrons. The second-order valence-corrected chi connectivity index (χ2v) is 9.25.